The highest BCUT2D eigenvalue weighted by Crippen LogP contribution is 2.29. The molecule has 31 heavy (non-hydrogen) atoms. The predicted molar refractivity (Wildman–Crippen MR) is 112 cm³/mol. The number of carboxylic acid groups (broad SMARTS) is 1. The SMILES string of the molecule is Cc1coc2cc3oc(=O)c(CC(=O)N[C@H](C(=O)O)c4ccc(O)cc4)c(C)c3cc12. The van der Waals surface area contributed by atoms with Gasteiger partial charge in [-0.2, -0.15) is 0 Å². The minimum atomic E-state index is -1.32. The summed E-state index contributed by atoms with van der Waals surface area (Å²) in [5, 5.41) is 22.9. The number of phenols is 1. The van der Waals surface area contributed by atoms with Gasteiger partial charge in [0.1, 0.15) is 16.9 Å². The maximum Gasteiger partial charge on any atom is 0.340 e. The first kappa shape index (κ1) is 20.2. The Kier molecular flexibility index (Phi) is 4.98. The number of nitrogens with one attached hydrogen (secondary N) is 1. The van der Waals surface area contributed by atoms with Gasteiger partial charge in [0.15, 0.2) is 6.04 Å². The van der Waals surface area contributed by atoms with Crippen LogP contribution < -0.4 is 10.9 Å². The van der Waals surface area contributed by atoms with Crippen molar-refractivity contribution >= 4 is 33.8 Å². The summed E-state index contributed by atoms with van der Waals surface area (Å²) >= 11 is 0. The molecular weight excluding hydrogens is 402 g/mol. The van der Waals surface area contributed by atoms with E-state index in [2.05, 4.69) is 5.32 Å². The Morgan fingerprint density at radius 2 is 1.77 bits per heavy atom. The Morgan fingerprint density at radius 1 is 1.06 bits per heavy atom. The van der Waals surface area contributed by atoms with Crippen molar-refractivity contribution in [3.05, 3.63) is 75.3 Å². The van der Waals surface area contributed by atoms with Crippen LogP contribution in [0.2, 0.25) is 0 Å². The molecular formula is C23H19NO7. The van der Waals surface area contributed by atoms with Crippen LogP contribution in [0, 0.1) is 13.8 Å². The molecule has 0 bridgehead atoms. The Labute approximate surface area is 175 Å². The van der Waals surface area contributed by atoms with Crippen LogP contribution in [-0.2, 0) is 16.0 Å². The van der Waals surface area contributed by atoms with E-state index in [1.54, 1.807) is 19.3 Å². The molecule has 3 N–H and O–H groups in total. The zero-order chi connectivity index (χ0) is 22.3. The van der Waals surface area contributed by atoms with E-state index >= 15 is 0 Å². The number of fused-ring (bicyclic) bond motifs is 2. The fourth-order valence-corrected chi connectivity index (χ4v) is 3.57. The minimum absolute atomic E-state index is 0.0226. The van der Waals surface area contributed by atoms with Gasteiger partial charge >= 0.3 is 11.6 Å². The van der Waals surface area contributed by atoms with Crippen LogP contribution in [0.25, 0.3) is 21.9 Å². The normalized spacial score (nSPS) is 12.2. The van der Waals surface area contributed by atoms with Crippen LogP contribution in [0.5, 0.6) is 5.75 Å². The molecule has 0 unspecified atom stereocenters. The lowest BCUT2D eigenvalue weighted by Crippen LogP contribution is -2.35. The third-order valence-electron chi connectivity index (χ3n) is 5.29. The minimum Gasteiger partial charge on any atom is -0.508 e. The molecule has 158 valence electrons. The van der Waals surface area contributed by atoms with Gasteiger partial charge in [-0.1, -0.05) is 12.1 Å². The summed E-state index contributed by atoms with van der Waals surface area (Å²) in [5.41, 5.74) is 2.23. The van der Waals surface area contributed by atoms with E-state index in [0.29, 0.717) is 27.7 Å². The van der Waals surface area contributed by atoms with Gasteiger partial charge in [-0.15, -0.1) is 0 Å². The monoisotopic (exact) mass is 421 g/mol. The lowest BCUT2D eigenvalue weighted by atomic mass is 10.0. The zero-order valence-electron chi connectivity index (χ0n) is 16.8. The van der Waals surface area contributed by atoms with Crippen molar-refractivity contribution in [1.82, 2.24) is 5.32 Å². The van der Waals surface area contributed by atoms with E-state index in [1.165, 1.54) is 24.3 Å². The fourth-order valence-electron chi connectivity index (χ4n) is 3.57. The Morgan fingerprint density at radius 3 is 2.45 bits per heavy atom. The van der Waals surface area contributed by atoms with E-state index < -0.39 is 23.5 Å². The Bertz CT molecular complexity index is 1380. The molecule has 2 aromatic heterocycles. The molecule has 0 saturated carbocycles. The summed E-state index contributed by atoms with van der Waals surface area (Å²) in [6.07, 6.45) is 1.27. The molecule has 2 aromatic carbocycles. The second-order valence-corrected chi connectivity index (χ2v) is 7.36. The van der Waals surface area contributed by atoms with E-state index in [1.807, 2.05) is 13.0 Å². The van der Waals surface area contributed by atoms with Crippen molar-refractivity contribution in [3.63, 3.8) is 0 Å². The number of hydrogen-bond acceptors (Lipinski definition) is 6. The van der Waals surface area contributed by atoms with Crippen LogP contribution >= 0.6 is 0 Å². The highest BCUT2D eigenvalue weighted by atomic mass is 16.4. The molecule has 0 aliphatic rings. The molecule has 0 aliphatic carbocycles. The molecule has 0 aliphatic heterocycles. The fraction of sp³-hybridized carbons (Fsp3) is 0.174. The molecule has 1 atom stereocenters. The highest BCUT2D eigenvalue weighted by molar-refractivity contribution is 5.97. The number of aromatic hydroxyl groups is 1. The average Bonchev–Trinajstić information content (AvgIpc) is 3.08. The first-order valence-corrected chi connectivity index (χ1v) is 9.50. The maximum absolute atomic E-state index is 12.6. The highest BCUT2D eigenvalue weighted by Gasteiger charge is 2.24. The van der Waals surface area contributed by atoms with Gasteiger partial charge in [0, 0.05) is 16.8 Å². The maximum atomic E-state index is 12.6. The molecule has 1 amide bonds. The first-order chi connectivity index (χ1) is 14.7. The van der Waals surface area contributed by atoms with Crippen molar-refractivity contribution in [1.29, 1.82) is 0 Å². The molecule has 4 aromatic rings. The van der Waals surface area contributed by atoms with Gasteiger partial charge in [-0.3, -0.25) is 4.79 Å². The molecule has 0 radical (unpaired) electrons. The van der Waals surface area contributed by atoms with Crippen LogP contribution in [0.4, 0.5) is 0 Å². The van der Waals surface area contributed by atoms with Crippen molar-refractivity contribution < 1.29 is 28.6 Å². The lowest BCUT2D eigenvalue weighted by molar-refractivity contribution is -0.142. The summed E-state index contributed by atoms with van der Waals surface area (Å²) in [6, 6.07) is 7.64. The average molecular weight is 421 g/mol. The standard InChI is InChI=1S/C23H19NO7/c1-11-10-30-18-9-19-16(7-15(11)18)12(2)17(23(29)31-19)8-20(26)24-21(22(27)28)13-3-5-14(25)6-4-13/h3-7,9-10,21,25H,8H2,1-2H3,(H,24,26)(H,27,28)/t21-/m0/s1. The third kappa shape index (κ3) is 3.75. The van der Waals surface area contributed by atoms with Crippen LogP contribution in [0.15, 0.2) is 56.3 Å². The number of benzene rings is 2. The molecule has 4 rings (SSSR count). The van der Waals surface area contributed by atoms with E-state index in [4.69, 9.17) is 8.83 Å². The number of carbonyl (C=O) groups is 2. The number of hydrogen-bond donors (Lipinski definition) is 3. The Hall–Kier alpha value is -4.07. The van der Waals surface area contributed by atoms with Gasteiger partial charge in [-0.25, -0.2) is 9.59 Å². The number of amides is 1. The van der Waals surface area contributed by atoms with Gasteiger partial charge < -0.3 is 24.4 Å². The molecule has 0 saturated heterocycles. The number of furan rings is 1. The largest absolute Gasteiger partial charge is 0.508 e. The number of aliphatic carboxylic acids is 1. The number of aryl methyl sites for hydroxylation is 2. The van der Waals surface area contributed by atoms with Gasteiger partial charge in [0.2, 0.25) is 5.91 Å². The van der Waals surface area contributed by atoms with Crippen LogP contribution in [-0.4, -0.2) is 22.1 Å². The van der Waals surface area contributed by atoms with Gasteiger partial charge in [-0.05, 0) is 48.7 Å². The van der Waals surface area contributed by atoms with E-state index in [0.717, 1.165) is 10.9 Å². The van der Waals surface area contributed by atoms with Crippen LogP contribution in [0.1, 0.15) is 28.3 Å². The van der Waals surface area contributed by atoms with Crippen molar-refractivity contribution in [3.8, 4) is 5.75 Å². The van der Waals surface area contributed by atoms with Gasteiger partial charge in [0.25, 0.3) is 0 Å². The molecule has 0 fully saturated rings. The van der Waals surface area contributed by atoms with Gasteiger partial charge in [0.05, 0.1) is 18.2 Å². The molecule has 0 spiro atoms. The molecule has 8 nitrogen and oxygen atoms in total. The van der Waals surface area contributed by atoms with Crippen molar-refractivity contribution in [2.24, 2.45) is 0 Å². The van der Waals surface area contributed by atoms with E-state index in [-0.39, 0.29) is 17.7 Å². The topological polar surface area (TPSA) is 130 Å². The van der Waals surface area contributed by atoms with Crippen molar-refractivity contribution in [2.75, 3.05) is 0 Å². The first-order valence-electron chi connectivity index (χ1n) is 9.50. The quantitative estimate of drug-likeness (QED) is 0.421. The number of rotatable bonds is 5. The van der Waals surface area contributed by atoms with Crippen LogP contribution in [0.3, 0.4) is 0 Å². The number of phenolic OH excluding ortho intramolecular Hbond substituents is 1. The second kappa shape index (κ2) is 7.64. The number of carbonyl (C=O) groups excluding carboxylic acids is 1. The van der Waals surface area contributed by atoms with E-state index in [9.17, 15) is 24.6 Å². The summed E-state index contributed by atoms with van der Waals surface area (Å²) in [5.74, 6) is -1.93. The second-order valence-electron chi connectivity index (χ2n) is 7.36. The summed E-state index contributed by atoms with van der Waals surface area (Å²) in [6.45, 7) is 3.62. The third-order valence-corrected chi connectivity index (χ3v) is 5.29. The molecule has 2 heterocycles. The molecule has 8 heteroatoms. The number of carboxylic acids is 1. The summed E-state index contributed by atoms with van der Waals surface area (Å²) in [4.78, 5) is 36.8. The van der Waals surface area contributed by atoms with Crippen molar-refractivity contribution in [2.45, 2.75) is 26.3 Å². The summed E-state index contributed by atoms with van der Waals surface area (Å²) < 4.78 is 10.9. The Balaban J connectivity index is 1.66. The predicted octanol–water partition coefficient (Wildman–Crippen LogP) is 3.35. The zero-order valence-corrected chi connectivity index (χ0v) is 16.8. The smallest absolute Gasteiger partial charge is 0.340 e. The lowest BCUT2D eigenvalue weighted by Gasteiger charge is -2.15. The summed E-state index contributed by atoms with van der Waals surface area (Å²) in [7, 11) is 0.